The van der Waals surface area contributed by atoms with Crippen LogP contribution in [-0.2, 0) is 9.59 Å². The highest BCUT2D eigenvalue weighted by molar-refractivity contribution is 6.66. The number of benzene rings is 1. The first-order valence-electron chi connectivity index (χ1n) is 5.61. The van der Waals surface area contributed by atoms with Crippen molar-refractivity contribution >= 4 is 35.2 Å². The van der Waals surface area contributed by atoms with Gasteiger partial charge < -0.3 is 5.11 Å². The minimum atomic E-state index is -1.32. The number of carbonyl (C=O) groups is 2. The van der Waals surface area contributed by atoms with Gasteiger partial charge in [0.05, 0.1) is 0 Å². The van der Waals surface area contributed by atoms with Crippen LogP contribution in [0.2, 0.25) is 0 Å². The van der Waals surface area contributed by atoms with Crippen molar-refractivity contribution in [1.29, 1.82) is 0 Å². The summed E-state index contributed by atoms with van der Waals surface area (Å²) in [4.78, 5) is 22.1. The van der Waals surface area contributed by atoms with Gasteiger partial charge in [0, 0.05) is 11.5 Å². The third-order valence-electron chi connectivity index (χ3n) is 2.69. The molecule has 1 aromatic carbocycles. The SMILES string of the molecule is Cl.O=C(O)C(C(=O)Cl)c1cccc(C#CC2CC2)c1. The quantitative estimate of drug-likeness (QED) is 0.530. The number of hydrogen-bond donors (Lipinski definition) is 1. The van der Waals surface area contributed by atoms with E-state index in [9.17, 15) is 9.59 Å². The molecule has 1 aromatic rings. The Bertz CT molecular complexity index is 539. The summed E-state index contributed by atoms with van der Waals surface area (Å²) >= 11 is 5.31. The molecule has 0 bridgehead atoms. The lowest BCUT2D eigenvalue weighted by Gasteiger charge is -2.07. The molecule has 0 radical (unpaired) electrons. The van der Waals surface area contributed by atoms with E-state index in [2.05, 4.69) is 11.8 Å². The molecule has 100 valence electrons. The fourth-order valence-electron chi connectivity index (χ4n) is 1.58. The second kappa shape index (κ2) is 6.60. The van der Waals surface area contributed by atoms with Crippen molar-refractivity contribution in [2.24, 2.45) is 5.92 Å². The average Bonchev–Trinajstić information content (AvgIpc) is 3.09. The number of carbonyl (C=O) groups excluding carboxylic acids is 1. The van der Waals surface area contributed by atoms with Crippen LogP contribution in [0.3, 0.4) is 0 Å². The molecular weight excluding hydrogens is 287 g/mol. The summed E-state index contributed by atoms with van der Waals surface area (Å²) in [5.74, 6) is 3.96. The first-order chi connectivity index (χ1) is 8.58. The van der Waals surface area contributed by atoms with E-state index in [4.69, 9.17) is 16.7 Å². The van der Waals surface area contributed by atoms with E-state index in [1.54, 1.807) is 24.3 Å². The van der Waals surface area contributed by atoms with E-state index >= 15 is 0 Å². The molecule has 19 heavy (non-hydrogen) atoms. The van der Waals surface area contributed by atoms with Gasteiger partial charge in [-0.15, -0.1) is 12.4 Å². The van der Waals surface area contributed by atoms with Crippen LogP contribution in [0.15, 0.2) is 24.3 Å². The van der Waals surface area contributed by atoms with Crippen LogP contribution in [0.25, 0.3) is 0 Å². The maximum absolute atomic E-state index is 11.1. The lowest BCUT2D eigenvalue weighted by Crippen LogP contribution is -2.17. The second-order valence-electron chi connectivity index (χ2n) is 4.24. The van der Waals surface area contributed by atoms with Crippen LogP contribution in [0.4, 0.5) is 0 Å². The van der Waals surface area contributed by atoms with E-state index in [-0.39, 0.29) is 12.4 Å². The highest BCUT2D eigenvalue weighted by Gasteiger charge is 2.26. The molecule has 0 aromatic heterocycles. The minimum absolute atomic E-state index is 0. The topological polar surface area (TPSA) is 54.4 Å². The Morgan fingerprint density at radius 3 is 2.58 bits per heavy atom. The molecule has 0 aliphatic heterocycles. The number of rotatable bonds is 3. The summed E-state index contributed by atoms with van der Waals surface area (Å²) in [6.45, 7) is 0. The smallest absolute Gasteiger partial charge is 0.319 e. The van der Waals surface area contributed by atoms with Crippen LogP contribution >= 0.6 is 24.0 Å². The molecule has 1 aliphatic rings. The molecule has 0 amide bonds. The Kier molecular flexibility index (Phi) is 5.41. The monoisotopic (exact) mass is 298 g/mol. The third kappa shape index (κ3) is 4.27. The van der Waals surface area contributed by atoms with Gasteiger partial charge in [-0.05, 0) is 42.1 Å². The lowest BCUT2D eigenvalue weighted by molar-refractivity contribution is -0.140. The highest BCUT2D eigenvalue weighted by atomic mass is 35.5. The van der Waals surface area contributed by atoms with E-state index < -0.39 is 17.1 Å². The Morgan fingerprint density at radius 2 is 2.05 bits per heavy atom. The highest BCUT2D eigenvalue weighted by Crippen LogP contribution is 2.27. The van der Waals surface area contributed by atoms with Gasteiger partial charge in [0.15, 0.2) is 5.92 Å². The molecule has 1 aliphatic carbocycles. The number of hydrogen-bond acceptors (Lipinski definition) is 2. The van der Waals surface area contributed by atoms with Crippen molar-refractivity contribution in [1.82, 2.24) is 0 Å². The Labute approximate surface area is 122 Å². The molecule has 1 saturated carbocycles. The van der Waals surface area contributed by atoms with Crippen molar-refractivity contribution in [2.75, 3.05) is 0 Å². The molecule has 0 heterocycles. The number of carboxylic acids is 1. The average molecular weight is 299 g/mol. The molecule has 1 atom stereocenters. The molecule has 0 spiro atoms. The van der Waals surface area contributed by atoms with Crippen LogP contribution in [0.5, 0.6) is 0 Å². The first-order valence-corrected chi connectivity index (χ1v) is 5.99. The van der Waals surface area contributed by atoms with Crippen molar-refractivity contribution < 1.29 is 14.7 Å². The maximum atomic E-state index is 11.1. The molecule has 3 nitrogen and oxygen atoms in total. The van der Waals surface area contributed by atoms with Crippen LogP contribution in [0, 0.1) is 17.8 Å². The van der Waals surface area contributed by atoms with Crippen molar-refractivity contribution in [2.45, 2.75) is 18.8 Å². The second-order valence-corrected chi connectivity index (χ2v) is 4.62. The number of carboxylic acid groups (broad SMARTS) is 1. The standard InChI is InChI=1S/C14H11ClO3.ClH/c15-13(16)12(14(17)18)11-3-1-2-10(8-11)7-6-9-4-5-9;/h1-3,8-9,12H,4-5H2,(H,17,18);1H. The van der Waals surface area contributed by atoms with Crippen molar-refractivity contribution in [3.05, 3.63) is 35.4 Å². The van der Waals surface area contributed by atoms with Gasteiger partial charge >= 0.3 is 5.97 Å². The fourth-order valence-corrected chi connectivity index (χ4v) is 1.80. The van der Waals surface area contributed by atoms with Crippen LogP contribution < -0.4 is 0 Å². The first kappa shape index (κ1) is 15.6. The summed E-state index contributed by atoms with van der Waals surface area (Å²) < 4.78 is 0. The molecule has 1 unspecified atom stereocenters. The fraction of sp³-hybridized carbons (Fsp3) is 0.286. The van der Waals surface area contributed by atoms with Crippen molar-refractivity contribution in [3.8, 4) is 11.8 Å². The zero-order valence-corrected chi connectivity index (χ0v) is 11.5. The zero-order chi connectivity index (χ0) is 13.1. The van der Waals surface area contributed by atoms with Gasteiger partial charge in [-0.1, -0.05) is 24.0 Å². The summed E-state index contributed by atoms with van der Waals surface area (Å²) in [7, 11) is 0. The van der Waals surface area contributed by atoms with Gasteiger partial charge in [0.25, 0.3) is 0 Å². The molecule has 1 N–H and O–H groups in total. The van der Waals surface area contributed by atoms with E-state index in [0.717, 1.165) is 12.8 Å². The summed E-state index contributed by atoms with van der Waals surface area (Å²) in [6, 6.07) is 6.65. The lowest BCUT2D eigenvalue weighted by atomic mass is 9.98. The van der Waals surface area contributed by atoms with Gasteiger partial charge in [-0.3, -0.25) is 9.59 Å². The van der Waals surface area contributed by atoms with Crippen LogP contribution in [-0.4, -0.2) is 16.3 Å². The van der Waals surface area contributed by atoms with E-state index in [1.165, 1.54) is 0 Å². The van der Waals surface area contributed by atoms with Gasteiger partial charge in [-0.2, -0.15) is 0 Å². The summed E-state index contributed by atoms with van der Waals surface area (Å²) in [5.41, 5.74) is 1.08. The Balaban J connectivity index is 0.00000180. The number of aliphatic carboxylic acids is 1. The molecule has 5 heteroatoms. The van der Waals surface area contributed by atoms with E-state index in [1.807, 2.05) is 0 Å². The largest absolute Gasteiger partial charge is 0.480 e. The summed E-state index contributed by atoms with van der Waals surface area (Å²) in [6.07, 6.45) is 2.26. The van der Waals surface area contributed by atoms with Gasteiger partial charge in [0.2, 0.25) is 5.24 Å². The Morgan fingerprint density at radius 1 is 1.37 bits per heavy atom. The molecule has 0 saturated heterocycles. The van der Waals surface area contributed by atoms with Gasteiger partial charge in [-0.25, -0.2) is 0 Å². The Hall–Kier alpha value is -1.50. The molecule has 2 rings (SSSR count). The predicted octanol–water partition coefficient (Wildman–Crippen LogP) is 2.80. The zero-order valence-electron chi connectivity index (χ0n) is 9.93. The molecular formula is C14H12Cl2O3. The minimum Gasteiger partial charge on any atom is -0.480 e. The maximum Gasteiger partial charge on any atom is 0.319 e. The summed E-state index contributed by atoms with van der Waals surface area (Å²) in [5, 5.41) is 8.08. The normalized spacial score (nSPS) is 14.6. The predicted molar refractivity (Wildman–Crippen MR) is 74.5 cm³/mol. The third-order valence-corrected chi connectivity index (χ3v) is 2.91. The van der Waals surface area contributed by atoms with Crippen LogP contribution in [0.1, 0.15) is 29.9 Å². The van der Waals surface area contributed by atoms with Gasteiger partial charge in [0.1, 0.15) is 0 Å². The number of halogens is 2. The molecule has 1 fully saturated rings. The van der Waals surface area contributed by atoms with Crippen molar-refractivity contribution in [3.63, 3.8) is 0 Å². The van der Waals surface area contributed by atoms with E-state index in [0.29, 0.717) is 17.0 Å².